The second-order valence-electron chi connectivity index (χ2n) is 3.31. The molecule has 0 bridgehead atoms. The zero-order valence-electron chi connectivity index (χ0n) is 7.02. The molecule has 0 aliphatic heterocycles. The molecule has 0 saturated carbocycles. The van der Waals surface area contributed by atoms with Crippen molar-refractivity contribution in [3.8, 4) is 0 Å². The summed E-state index contributed by atoms with van der Waals surface area (Å²) in [4.78, 5) is 0. The van der Waals surface area contributed by atoms with Crippen LogP contribution < -0.4 is 0 Å². The molecule has 0 heterocycles. The van der Waals surface area contributed by atoms with Gasteiger partial charge in [0.2, 0.25) is 0 Å². The van der Waals surface area contributed by atoms with Gasteiger partial charge in [-0.2, -0.15) is 0 Å². The number of rotatable bonds is 1. The van der Waals surface area contributed by atoms with Gasteiger partial charge in [-0.25, -0.2) is 0 Å². The summed E-state index contributed by atoms with van der Waals surface area (Å²) in [5, 5.41) is -0.258. The Labute approximate surface area is 88.3 Å². The van der Waals surface area contributed by atoms with Crippen molar-refractivity contribution in [1.29, 1.82) is 0 Å². The Kier molecular flexibility index (Phi) is 2.99. The van der Waals surface area contributed by atoms with Crippen LogP contribution in [0.2, 0.25) is 5.04 Å². The van der Waals surface area contributed by atoms with Gasteiger partial charge in [0, 0.05) is 5.04 Å². The maximum Gasteiger partial charge on any atom is 0.351 e. The van der Waals surface area contributed by atoms with Crippen molar-refractivity contribution >= 4 is 39.2 Å². The first-order valence-corrected chi connectivity index (χ1v) is 8.84. The largest absolute Gasteiger partial charge is 0.351 e. The highest BCUT2D eigenvalue weighted by Gasteiger charge is 2.49. The lowest BCUT2D eigenvalue weighted by molar-refractivity contribution is 0.568. The Bertz CT molecular complexity index is 229. The fraction of sp³-hybridized carbons (Fsp3) is 0.500. The van der Waals surface area contributed by atoms with E-state index in [2.05, 4.69) is 13.0 Å². The van der Waals surface area contributed by atoms with Gasteiger partial charge in [0.1, 0.15) is 0 Å². The monoisotopic (exact) mass is 240 g/mol. The number of halogens is 3. The van der Waals surface area contributed by atoms with Gasteiger partial charge in [0.05, 0.1) is 0 Å². The van der Waals surface area contributed by atoms with Crippen LogP contribution in [0.25, 0.3) is 0 Å². The summed E-state index contributed by atoms with van der Waals surface area (Å²) in [5.74, 6) is 0.307. The number of hydrogen-bond acceptors (Lipinski definition) is 0. The molecule has 0 saturated heterocycles. The molecule has 0 fully saturated rings. The standard InChI is InChI=1S/C8H11Cl3Si/c1-7-5-3-4-6-8(7,2)12(9,10)11/h3-7H,1-2H3. The molecular formula is C8H11Cl3Si. The third kappa shape index (κ3) is 1.74. The first-order valence-electron chi connectivity index (χ1n) is 3.80. The van der Waals surface area contributed by atoms with Crippen molar-refractivity contribution in [1.82, 2.24) is 0 Å². The maximum absolute atomic E-state index is 6.03. The SMILES string of the molecule is CC1C=CC=CC1(C)[Si](Cl)(Cl)Cl. The van der Waals surface area contributed by atoms with Crippen molar-refractivity contribution < 1.29 is 0 Å². The topological polar surface area (TPSA) is 0 Å². The van der Waals surface area contributed by atoms with Gasteiger partial charge in [0.15, 0.2) is 0 Å². The summed E-state index contributed by atoms with van der Waals surface area (Å²) < 4.78 is 0. The maximum atomic E-state index is 6.03. The van der Waals surface area contributed by atoms with Crippen molar-refractivity contribution in [2.24, 2.45) is 5.92 Å². The first-order chi connectivity index (χ1) is 5.38. The Morgan fingerprint density at radius 2 is 1.83 bits per heavy atom. The molecule has 0 radical (unpaired) electrons. The van der Waals surface area contributed by atoms with Crippen LogP contribution in [-0.2, 0) is 0 Å². The average Bonchev–Trinajstić information content (AvgIpc) is 1.93. The van der Waals surface area contributed by atoms with Crippen LogP contribution >= 0.6 is 33.2 Å². The second kappa shape index (κ2) is 3.37. The molecule has 2 unspecified atom stereocenters. The molecule has 0 N–H and O–H groups in total. The minimum atomic E-state index is -2.67. The zero-order chi connectivity index (χ0) is 9.41. The molecular weight excluding hydrogens is 231 g/mol. The van der Waals surface area contributed by atoms with Gasteiger partial charge in [-0.3, -0.25) is 0 Å². The van der Waals surface area contributed by atoms with E-state index in [1.807, 2.05) is 25.2 Å². The second-order valence-corrected chi connectivity index (χ2v) is 12.2. The molecule has 68 valence electrons. The van der Waals surface area contributed by atoms with Crippen molar-refractivity contribution in [3.63, 3.8) is 0 Å². The van der Waals surface area contributed by atoms with E-state index in [-0.39, 0.29) is 5.04 Å². The van der Waals surface area contributed by atoms with Gasteiger partial charge in [-0.15, -0.1) is 33.2 Å². The lowest BCUT2D eigenvalue weighted by atomic mass is 9.91. The predicted octanol–water partition coefficient (Wildman–Crippen LogP) is 4.16. The van der Waals surface area contributed by atoms with Crippen molar-refractivity contribution in [3.05, 3.63) is 24.3 Å². The Morgan fingerprint density at radius 1 is 1.25 bits per heavy atom. The van der Waals surface area contributed by atoms with Gasteiger partial charge >= 0.3 is 6.00 Å². The molecule has 2 atom stereocenters. The third-order valence-electron chi connectivity index (χ3n) is 2.51. The van der Waals surface area contributed by atoms with Crippen LogP contribution in [0.15, 0.2) is 24.3 Å². The molecule has 0 aromatic rings. The summed E-state index contributed by atoms with van der Waals surface area (Å²) in [7, 11) is 0. The summed E-state index contributed by atoms with van der Waals surface area (Å²) in [6.07, 6.45) is 8.04. The third-order valence-corrected chi connectivity index (χ3v) is 8.02. The molecule has 0 spiro atoms. The smallest absolute Gasteiger partial charge is 0.125 e. The Hall–Kier alpha value is 0.567. The molecule has 1 rings (SSSR count). The molecule has 1 aliphatic rings. The van der Waals surface area contributed by atoms with Crippen LogP contribution in [0, 0.1) is 5.92 Å². The van der Waals surface area contributed by atoms with Gasteiger partial charge < -0.3 is 0 Å². The first kappa shape index (κ1) is 10.6. The summed E-state index contributed by atoms with van der Waals surface area (Å²) >= 11 is 18.1. The number of hydrogen-bond donors (Lipinski definition) is 0. The van der Waals surface area contributed by atoms with E-state index in [0.29, 0.717) is 5.92 Å². The fourth-order valence-corrected chi connectivity index (χ4v) is 4.20. The fourth-order valence-electron chi connectivity index (χ4n) is 1.19. The van der Waals surface area contributed by atoms with Gasteiger partial charge in [-0.05, 0) is 5.92 Å². The molecule has 4 heteroatoms. The van der Waals surface area contributed by atoms with Crippen LogP contribution in [0.3, 0.4) is 0 Å². The van der Waals surface area contributed by atoms with Crippen molar-refractivity contribution in [2.75, 3.05) is 0 Å². The quantitative estimate of drug-likeness (QED) is 0.478. The minimum absolute atomic E-state index is 0.258. The van der Waals surface area contributed by atoms with Crippen LogP contribution in [0.1, 0.15) is 13.8 Å². The van der Waals surface area contributed by atoms with E-state index < -0.39 is 6.00 Å². The predicted molar refractivity (Wildman–Crippen MR) is 59.1 cm³/mol. The molecule has 1 aliphatic carbocycles. The van der Waals surface area contributed by atoms with E-state index in [1.165, 1.54) is 0 Å². The summed E-state index contributed by atoms with van der Waals surface area (Å²) in [5.41, 5.74) is 0. The normalized spacial score (nSPS) is 35.6. The van der Waals surface area contributed by atoms with E-state index in [4.69, 9.17) is 33.2 Å². The molecule has 12 heavy (non-hydrogen) atoms. The molecule has 0 aromatic heterocycles. The Balaban J connectivity index is 2.99. The molecule has 0 amide bonds. The average molecular weight is 242 g/mol. The Morgan fingerprint density at radius 3 is 2.17 bits per heavy atom. The van der Waals surface area contributed by atoms with Gasteiger partial charge in [-0.1, -0.05) is 38.2 Å². The number of allylic oxidation sites excluding steroid dienone is 4. The van der Waals surface area contributed by atoms with E-state index in [0.717, 1.165) is 0 Å². The highest BCUT2D eigenvalue weighted by atomic mass is 35.8. The van der Waals surface area contributed by atoms with Crippen molar-refractivity contribution in [2.45, 2.75) is 18.9 Å². The molecule has 0 nitrogen and oxygen atoms in total. The molecule has 0 aromatic carbocycles. The van der Waals surface area contributed by atoms with E-state index >= 15 is 0 Å². The minimum Gasteiger partial charge on any atom is -0.125 e. The summed E-state index contributed by atoms with van der Waals surface area (Å²) in [6, 6.07) is -2.67. The highest BCUT2D eigenvalue weighted by Crippen LogP contribution is 2.54. The van der Waals surface area contributed by atoms with Crippen LogP contribution in [-0.4, -0.2) is 6.00 Å². The van der Waals surface area contributed by atoms with E-state index in [9.17, 15) is 0 Å². The van der Waals surface area contributed by atoms with Crippen LogP contribution in [0.5, 0.6) is 0 Å². The van der Waals surface area contributed by atoms with Gasteiger partial charge in [0.25, 0.3) is 0 Å². The highest BCUT2D eigenvalue weighted by molar-refractivity contribution is 7.65. The van der Waals surface area contributed by atoms with Crippen LogP contribution in [0.4, 0.5) is 0 Å². The lowest BCUT2D eigenvalue weighted by Gasteiger charge is -2.37. The lowest BCUT2D eigenvalue weighted by Crippen LogP contribution is -2.34. The summed E-state index contributed by atoms with van der Waals surface area (Å²) in [6.45, 7) is 4.09. The van der Waals surface area contributed by atoms with E-state index in [1.54, 1.807) is 0 Å². The zero-order valence-corrected chi connectivity index (χ0v) is 10.3.